The second kappa shape index (κ2) is 18.6. The number of hydrogen-bond donors (Lipinski definition) is 0. The van der Waals surface area contributed by atoms with Gasteiger partial charge >= 0.3 is 0 Å². The minimum absolute atomic E-state index is 0.0685. The molecule has 2 heterocycles. The summed E-state index contributed by atoms with van der Waals surface area (Å²) < 4.78 is 0. The van der Waals surface area contributed by atoms with Crippen molar-refractivity contribution in [2.45, 2.75) is 0 Å². The van der Waals surface area contributed by atoms with Crippen LogP contribution in [0.4, 0.5) is 34.1 Å². The van der Waals surface area contributed by atoms with Crippen molar-refractivity contribution < 1.29 is 4.79 Å². The fourth-order valence-electron chi connectivity index (χ4n) is 6.92. The highest BCUT2D eigenvalue weighted by Gasteiger charge is 2.17. The average molecular weight is 833 g/mol. The lowest BCUT2D eigenvalue weighted by atomic mass is 10.0. The summed E-state index contributed by atoms with van der Waals surface area (Å²) in [6.45, 7) is 0. The quantitative estimate of drug-likeness (QED) is 0.0888. The molecule has 0 N–H and O–H groups in total. The average Bonchev–Trinajstić information content (AvgIpc) is 4.02. The second-order valence-corrected chi connectivity index (χ2v) is 16.1. The molecule has 0 saturated heterocycles. The van der Waals surface area contributed by atoms with Gasteiger partial charge in [-0.25, -0.2) is 0 Å². The molecule has 2 aromatic heterocycles. The van der Waals surface area contributed by atoms with Crippen LogP contribution in [0.2, 0.25) is 0 Å². The molecule has 0 amide bonds. The first-order valence-corrected chi connectivity index (χ1v) is 21.0. The van der Waals surface area contributed by atoms with Crippen LogP contribution in [0, 0.1) is 45.3 Å². The van der Waals surface area contributed by atoms with E-state index in [-0.39, 0.29) is 16.9 Å². The normalized spacial score (nSPS) is 10.3. The SMILES string of the molecule is N#CC(C#N)=Cc1ccc(-c2ccc(N(c3ccccc3)c3ccc(C(=O)c4ccc(N(c5ccccc5)c5ccc(-c6ccc(C=C(C#N)C#N)s6)cc5)cc4)cc3)cc2)s1. The number of nitrogens with zero attached hydrogens (tertiary/aromatic N) is 6. The van der Waals surface area contributed by atoms with E-state index in [0.29, 0.717) is 11.1 Å². The number of carbonyl (C=O) groups is 1. The summed E-state index contributed by atoms with van der Waals surface area (Å²) in [6, 6.07) is 67.4. The number of rotatable bonds is 12. The molecular weight excluding hydrogens is 801 g/mol. The molecule has 7 nitrogen and oxygen atoms in total. The Morgan fingerprint density at radius 3 is 1.02 bits per heavy atom. The van der Waals surface area contributed by atoms with Gasteiger partial charge in [-0.1, -0.05) is 60.7 Å². The maximum atomic E-state index is 13.9. The van der Waals surface area contributed by atoms with Gasteiger partial charge in [0.05, 0.1) is 0 Å². The monoisotopic (exact) mass is 832 g/mol. The molecule has 0 unspecified atom stereocenters. The van der Waals surface area contributed by atoms with Gasteiger partial charge in [0, 0.05) is 64.8 Å². The second-order valence-electron chi connectivity index (χ2n) is 13.8. The summed E-state index contributed by atoms with van der Waals surface area (Å²) in [7, 11) is 0. The molecule has 0 aliphatic heterocycles. The molecule has 8 aromatic rings. The van der Waals surface area contributed by atoms with Gasteiger partial charge in [-0.2, -0.15) is 21.0 Å². The fourth-order valence-corrected chi connectivity index (χ4v) is 8.84. The molecular formula is C53H32N6OS2. The standard InChI is InChI=1S/C53H32N6OS2/c54-33-37(34-55)31-49-27-29-51(61-49)39-11-19-45(20-12-39)58(43-7-3-1-4-8-43)47-23-15-41(16-24-47)53(60)42-17-25-48(26-18-42)59(44-9-5-2-6-10-44)46-21-13-40(14-22-46)52-30-28-50(62-52)32-38(35-56)36-57/h1-32H. The Bertz CT molecular complexity index is 2860. The summed E-state index contributed by atoms with van der Waals surface area (Å²) >= 11 is 3.03. The topological polar surface area (TPSA) is 119 Å². The summed E-state index contributed by atoms with van der Waals surface area (Å²) in [5.41, 5.74) is 8.94. The Morgan fingerprint density at radius 2 is 0.694 bits per heavy atom. The zero-order valence-corrected chi connectivity index (χ0v) is 34.5. The van der Waals surface area contributed by atoms with Crippen molar-refractivity contribution in [1.82, 2.24) is 0 Å². The fraction of sp³-hybridized carbons (Fsp3) is 0. The summed E-state index contributed by atoms with van der Waals surface area (Å²) in [5, 5.41) is 36.6. The number of para-hydroxylation sites is 2. The number of carbonyl (C=O) groups excluding carboxylic acids is 1. The van der Waals surface area contributed by atoms with Gasteiger partial charge in [-0.15, -0.1) is 22.7 Å². The maximum Gasteiger partial charge on any atom is 0.193 e. The molecule has 0 atom stereocenters. The van der Waals surface area contributed by atoms with Gasteiger partial charge in [-0.3, -0.25) is 4.79 Å². The van der Waals surface area contributed by atoms with Gasteiger partial charge in [0.2, 0.25) is 0 Å². The largest absolute Gasteiger partial charge is 0.311 e. The van der Waals surface area contributed by atoms with Crippen molar-refractivity contribution in [2.24, 2.45) is 0 Å². The van der Waals surface area contributed by atoms with Crippen molar-refractivity contribution in [3.63, 3.8) is 0 Å². The third-order valence-corrected chi connectivity index (χ3v) is 12.1. The molecule has 9 heteroatoms. The Balaban J connectivity index is 1.02. The van der Waals surface area contributed by atoms with E-state index < -0.39 is 0 Å². The predicted molar refractivity (Wildman–Crippen MR) is 251 cm³/mol. The first-order chi connectivity index (χ1) is 30.4. The number of nitriles is 4. The molecule has 62 heavy (non-hydrogen) atoms. The van der Waals surface area contributed by atoms with Crippen LogP contribution >= 0.6 is 22.7 Å². The molecule has 292 valence electrons. The van der Waals surface area contributed by atoms with E-state index in [1.54, 1.807) is 12.2 Å². The molecule has 0 fully saturated rings. The van der Waals surface area contributed by atoms with Crippen molar-refractivity contribution in [3.05, 3.63) is 214 Å². The zero-order valence-electron chi connectivity index (χ0n) is 32.9. The number of hydrogen-bond acceptors (Lipinski definition) is 9. The third-order valence-electron chi connectivity index (χ3n) is 9.93. The number of ketones is 1. The highest BCUT2D eigenvalue weighted by Crippen LogP contribution is 2.39. The van der Waals surface area contributed by atoms with E-state index in [0.717, 1.165) is 64.8 Å². The summed E-state index contributed by atoms with van der Waals surface area (Å²) in [5.74, 6) is -0.0852. The smallest absolute Gasteiger partial charge is 0.193 e. The Kier molecular flexibility index (Phi) is 12.0. The highest BCUT2D eigenvalue weighted by molar-refractivity contribution is 7.16. The van der Waals surface area contributed by atoms with Crippen LogP contribution < -0.4 is 9.80 Å². The summed E-state index contributed by atoms with van der Waals surface area (Å²) in [6.07, 6.45) is 3.20. The molecule has 0 radical (unpaired) electrons. The van der Waals surface area contributed by atoms with Gasteiger partial charge in [0.25, 0.3) is 0 Å². The van der Waals surface area contributed by atoms with Gasteiger partial charge in [0.1, 0.15) is 35.4 Å². The van der Waals surface area contributed by atoms with E-state index in [4.69, 9.17) is 21.0 Å². The number of allylic oxidation sites excluding steroid dienone is 2. The van der Waals surface area contributed by atoms with Crippen LogP contribution in [0.5, 0.6) is 0 Å². The lowest BCUT2D eigenvalue weighted by molar-refractivity contribution is 0.103. The Morgan fingerprint density at radius 1 is 0.387 bits per heavy atom. The molecule has 8 rings (SSSR count). The van der Waals surface area contributed by atoms with Crippen LogP contribution in [-0.4, -0.2) is 5.78 Å². The van der Waals surface area contributed by atoms with Crippen molar-refractivity contribution in [1.29, 1.82) is 21.0 Å². The van der Waals surface area contributed by atoms with Crippen LogP contribution in [0.15, 0.2) is 193 Å². The Hall–Kier alpha value is -8.57. The van der Waals surface area contributed by atoms with E-state index in [9.17, 15) is 4.79 Å². The first kappa shape index (κ1) is 40.2. The highest BCUT2D eigenvalue weighted by atomic mass is 32.1. The minimum atomic E-state index is -0.0852. The number of anilines is 6. The zero-order chi connectivity index (χ0) is 42.8. The van der Waals surface area contributed by atoms with E-state index in [2.05, 4.69) is 58.3 Å². The molecule has 0 saturated carbocycles. The van der Waals surface area contributed by atoms with Crippen LogP contribution in [-0.2, 0) is 0 Å². The number of thiophene rings is 2. The van der Waals surface area contributed by atoms with E-state index >= 15 is 0 Å². The van der Waals surface area contributed by atoms with Crippen LogP contribution in [0.1, 0.15) is 25.7 Å². The first-order valence-electron chi connectivity index (χ1n) is 19.3. The van der Waals surface area contributed by atoms with Crippen LogP contribution in [0.25, 0.3) is 33.0 Å². The maximum absolute atomic E-state index is 13.9. The van der Waals surface area contributed by atoms with Crippen LogP contribution in [0.3, 0.4) is 0 Å². The van der Waals surface area contributed by atoms with Gasteiger partial charge in [-0.05, 0) is 145 Å². The molecule has 6 aromatic carbocycles. The van der Waals surface area contributed by atoms with Crippen molar-refractivity contribution in [2.75, 3.05) is 9.80 Å². The van der Waals surface area contributed by atoms with E-state index in [1.807, 2.05) is 158 Å². The lowest BCUT2D eigenvalue weighted by Crippen LogP contribution is -2.11. The Labute approximate surface area is 367 Å². The predicted octanol–water partition coefficient (Wildman–Crippen LogP) is 14.2. The molecule has 0 aliphatic rings. The molecule has 0 aliphatic carbocycles. The summed E-state index contributed by atoms with van der Waals surface area (Å²) in [4.78, 5) is 21.9. The van der Waals surface area contributed by atoms with Crippen molar-refractivity contribution >= 4 is 74.7 Å². The minimum Gasteiger partial charge on any atom is -0.311 e. The molecule has 0 spiro atoms. The van der Waals surface area contributed by atoms with Gasteiger partial charge < -0.3 is 9.80 Å². The molecule has 0 bridgehead atoms. The van der Waals surface area contributed by atoms with Crippen molar-refractivity contribution in [3.8, 4) is 45.2 Å². The number of benzene rings is 6. The lowest BCUT2D eigenvalue weighted by Gasteiger charge is -2.26. The van der Waals surface area contributed by atoms with E-state index in [1.165, 1.54) is 22.7 Å². The third kappa shape index (κ3) is 8.87. The van der Waals surface area contributed by atoms with Gasteiger partial charge in [0.15, 0.2) is 5.78 Å².